The van der Waals surface area contributed by atoms with Gasteiger partial charge in [0.15, 0.2) is 0 Å². The quantitative estimate of drug-likeness (QED) is 0.554. The van der Waals surface area contributed by atoms with E-state index in [-0.39, 0.29) is 11.5 Å². The van der Waals surface area contributed by atoms with Crippen LogP contribution in [-0.4, -0.2) is 32.7 Å². The molecule has 140 valence electrons. The van der Waals surface area contributed by atoms with Crippen LogP contribution in [0.15, 0.2) is 65.3 Å². The summed E-state index contributed by atoms with van der Waals surface area (Å²) in [5.41, 5.74) is 1.74. The molecule has 8 heteroatoms. The molecule has 4 rings (SSSR count). The van der Waals surface area contributed by atoms with E-state index in [2.05, 4.69) is 20.4 Å². The van der Waals surface area contributed by atoms with Gasteiger partial charge in [-0.3, -0.25) is 9.78 Å². The van der Waals surface area contributed by atoms with Crippen LogP contribution in [0.4, 0.5) is 4.39 Å². The topological polar surface area (TPSA) is 101 Å². The summed E-state index contributed by atoms with van der Waals surface area (Å²) in [4.78, 5) is 20.9. The largest absolute Gasteiger partial charge is 0.394 e. The number of aromatic nitrogens is 3. The average Bonchev–Trinajstić information content (AvgIpc) is 3.22. The number of pyridine rings is 1. The van der Waals surface area contributed by atoms with E-state index in [0.717, 1.165) is 10.9 Å². The highest BCUT2D eigenvalue weighted by atomic mass is 19.1. The second-order valence-electron chi connectivity index (χ2n) is 6.09. The van der Waals surface area contributed by atoms with Crippen LogP contribution in [0.1, 0.15) is 22.3 Å². The minimum absolute atomic E-state index is 0.0566. The zero-order valence-electron chi connectivity index (χ0n) is 14.5. The predicted molar refractivity (Wildman–Crippen MR) is 98.7 cm³/mol. The van der Waals surface area contributed by atoms with Gasteiger partial charge < -0.3 is 14.9 Å². The van der Waals surface area contributed by atoms with Crippen LogP contribution in [0.3, 0.4) is 0 Å². The molecular weight excluding hydrogens is 363 g/mol. The number of halogens is 1. The molecule has 0 aliphatic rings. The number of nitrogens with zero attached hydrogens (tertiary/aromatic N) is 3. The second kappa shape index (κ2) is 7.53. The third-order valence-corrected chi connectivity index (χ3v) is 4.18. The van der Waals surface area contributed by atoms with Crippen molar-refractivity contribution in [2.75, 3.05) is 6.61 Å². The Kier molecular flexibility index (Phi) is 4.77. The molecule has 0 aliphatic carbocycles. The molecule has 1 amide bonds. The molecule has 0 unspecified atom stereocenters. The Hall–Kier alpha value is -3.65. The smallest absolute Gasteiger partial charge is 0.251 e. The lowest BCUT2D eigenvalue weighted by molar-refractivity contribution is 0.0901. The number of hydrogen-bond acceptors (Lipinski definition) is 6. The summed E-state index contributed by atoms with van der Waals surface area (Å²) in [6, 6.07) is 13.7. The summed E-state index contributed by atoms with van der Waals surface area (Å²) in [5.74, 6) is -0.587. The van der Waals surface area contributed by atoms with Crippen molar-refractivity contribution in [2.24, 2.45) is 0 Å². The Morgan fingerprint density at radius 2 is 1.96 bits per heavy atom. The van der Waals surface area contributed by atoms with Gasteiger partial charge in [-0.25, -0.2) is 4.39 Å². The number of carbonyl (C=O) groups excluding carboxylic acids is 1. The Morgan fingerprint density at radius 3 is 2.75 bits per heavy atom. The molecule has 0 fully saturated rings. The van der Waals surface area contributed by atoms with Gasteiger partial charge >= 0.3 is 0 Å². The molecular formula is C20H15FN4O3. The number of rotatable bonds is 5. The fourth-order valence-corrected chi connectivity index (χ4v) is 2.72. The van der Waals surface area contributed by atoms with E-state index < -0.39 is 24.4 Å². The molecule has 7 nitrogen and oxygen atoms in total. The van der Waals surface area contributed by atoms with Crippen molar-refractivity contribution >= 4 is 16.8 Å². The van der Waals surface area contributed by atoms with Gasteiger partial charge in [-0.05, 0) is 36.4 Å². The van der Waals surface area contributed by atoms with Crippen molar-refractivity contribution in [3.8, 4) is 11.4 Å². The Labute approximate surface area is 158 Å². The molecule has 0 saturated carbocycles. The number of fused-ring (bicyclic) bond motifs is 1. The third-order valence-electron chi connectivity index (χ3n) is 4.18. The highest BCUT2D eigenvalue weighted by Gasteiger charge is 2.22. The highest BCUT2D eigenvalue weighted by Crippen LogP contribution is 2.22. The first-order valence-corrected chi connectivity index (χ1v) is 8.50. The van der Waals surface area contributed by atoms with Crippen molar-refractivity contribution in [2.45, 2.75) is 6.04 Å². The van der Waals surface area contributed by atoms with E-state index in [1.807, 2.05) is 30.3 Å². The van der Waals surface area contributed by atoms with Gasteiger partial charge in [-0.2, -0.15) is 4.98 Å². The molecule has 0 bridgehead atoms. The number of benzene rings is 2. The lowest BCUT2D eigenvalue weighted by atomic mass is 10.1. The molecule has 0 spiro atoms. The molecule has 0 saturated heterocycles. The van der Waals surface area contributed by atoms with E-state index >= 15 is 0 Å². The number of nitrogens with one attached hydrogen (secondary N) is 1. The maximum Gasteiger partial charge on any atom is 0.251 e. The Bertz CT molecular complexity index is 1130. The third kappa shape index (κ3) is 3.58. The molecule has 0 aliphatic heterocycles. The fraction of sp³-hybridized carbons (Fsp3) is 0.100. The van der Waals surface area contributed by atoms with Crippen molar-refractivity contribution in [1.29, 1.82) is 0 Å². The van der Waals surface area contributed by atoms with E-state index in [0.29, 0.717) is 11.4 Å². The van der Waals surface area contributed by atoms with Crippen LogP contribution < -0.4 is 5.32 Å². The van der Waals surface area contributed by atoms with E-state index in [4.69, 9.17) is 4.52 Å². The van der Waals surface area contributed by atoms with Gasteiger partial charge in [0.1, 0.15) is 11.9 Å². The summed E-state index contributed by atoms with van der Waals surface area (Å²) in [7, 11) is 0. The minimum atomic E-state index is -0.896. The van der Waals surface area contributed by atoms with Crippen LogP contribution in [0, 0.1) is 5.82 Å². The lowest BCUT2D eigenvalue weighted by Gasteiger charge is -2.12. The molecule has 2 aromatic heterocycles. The van der Waals surface area contributed by atoms with Crippen molar-refractivity contribution in [3.63, 3.8) is 0 Å². The first-order valence-electron chi connectivity index (χ1n) is 8.50. The first kappa shape index (κ1) is 17.7. The van der Waals surface area contributed by atoms with Crippen molar-refractivity contribution < 1.29 is 18.8 Å². The fourth-order valence-electron chi connectivity index (χ4n) is 2.72. The number of aliphatic hydroxyl groups is 1. The normalized spacial score (nSPS) is 12.1. The van der Waals surface area contributed by atoms with Gasteiger partial charge in [0.05, 0.1) is 12.1 Å². The Morgan fingerprint density at radius 1 is 1.18 bits per heavy atom. The van der Waals surface area contributed by atoms with Gasteiger partial charge in [0, 0.05) is 22.7 Å². The standard InChI is InChI=1S/C20H15FN4O3/c21-15-7-5-12(6-8-15)19(27)23-17(11-26)20-24-18(25-28-20)14-9-13-3-1-2-4-16(13)22-10-14/h1-10,17,26H,11H2,(H,23,27)/t17-/m0/s1. The van der Waals surface area contributed by atoms with Crippen molar-refractivity contribution in [1.82, 2.24) is 20.4 Å². The van der Waals surface area contributed by atoms with Crippen LogP contribution in [0.25, 0.3) is 22.3 Å². The zero-order chi connectivity index (χ0) is 19.5. The van der Waals surface area contributed by atoms with Gasteiger partial charge in [-0.1, -0.05) is 23.4 Å². The summed E-state index contributed by atoms with van der Waals surface area (Å²) in [5, 5.41) is 17.1. The maximum absolute atomic E-state index is 13.0. The molecule has 1 atom stereocenters. The van der Waals surface area contributed by atoms with Crippen LogP contribution in [-0.2, 0) is 0 Å². The SMILES string of the molecule is O=C(N[C@@H](CO)c1nc(-c2cnc3ccccc3c2)no1)c1ccc(F)cc1. The average molecular weight is 378 g/mol. The maximum atomic E-state index is 13.0. The number of carbonyl (C=O) groups is 1. The van der Waals surface area contributed by atoms with E-state index in [1.165, 1.54) is 24.3 Å². The summed E-state index contributed by atoms with van der Waals surface area (Å²) >= 11 is 0. The predicted octanol–water partition coefficient (Wildman–Crippen LogP) is 2.89. The molecule has 4 aromatic rings. The van der Waals surface area contributed by atoms with E-state index in [9.17, 15) is 14.3 Å². The van der Waals surface area contributed by atoms with Crippen LogP contribution >= 0.6 is 0 Å². The molecule has 28 heavy (non-hydrogen) atoms. The van der Waals surface area contributed by atoms with Gasteiger partial charge in [-0.15, -0.1) is 0 Å². The Balaban J connectivity index is 1.55. The molecule has 2 N–H and O–H groups in total. The van der Waals surface area contributed by atoms with E-state index in [1.54, 1.807) is 6.20 Å². The van der Waals surface area contributed by atoms with Gasteiger partial charge in [0.25, 0.3) is 11.8 Å². The van der Waals surface area contributed by atoms with Crippen LogP contribution in [0.5, 0.6) is 0 Å². The number of para-hydroxylation sites is 1. The monoisotopic (exact) mass is 378 g/mol. The zero-order valence-corrected chi connectivity index (χ0v) is 14.5. The number of amides is 1. The molecule has 2 aromatic carbocycles. The van der Waals surface area contributed by atoms with Gasteiger partial charge in [0.2, 0.25) is 5.82 Å². The van der Waals surface area contributed by atoms with Crippen LogP contribution in [0.2, 0.25) is 0 Å². The number of aliphatic hydroxyl groups excluding tert-OH is 1. The summed E-state index contributed by atoms with van der Waals surface area (Å²) in [6.07, 6.45) is 1.63. The summed E-state index contributed by atoms with van der Waals surface area (Å²) < 4.78 is 18.2. The summed E-state index contributed by atoms with van der Waals surface area (Å²) in [6.45, 7) is -0.440. The number of hydrogen-bond donors (Lipinski definition) is 2. The highest BCUT2D eigenvalue weighted by molar-refractivity contribution is 5.94. The first-order chi connectivity index (χ1) is 13.6. The molecule has 0 radical (unpaired) electrons. The second-order valence-corrected chi connectivity index (χ2v) is 6.09. The lowest BCUT2D eigenvalue weighted by Crippen LogP contribution is -2.31. The molecule has 2 heterocycles. The van der Waals surface area contributed by atoms with Crippen molar-refractivity contribution in [3.05, 3.63) is 78.1 Å². The minimum Gasteiger partial charge on any atom is -0.394 e.